The highest BCUT2D eigenvalue weighted by Gasteiger charge is 2.32. The Morgan fingerprint density at radius 2 is 2.19 bits per heavy atom. The molecule has 1 aliphatic heterocycles. The van der Waals surface area contributed by atoms with Crippen LogP contribution < -0.4 is 9.64 Å². The lowest BCUT2D eigenvalue weighted by atomic mass is 10.1. The summed E-state index contributed by atoms with van der Waals surface area (Å²) in [6, 6.07) is 3.95. The first kappa shape index (κ1) is 18.8. The van der Waals surface area contributed by atoms with E-state index < -0.39 is 10.8 Å². The molecular weight excluding hydrogens is 374 g/mol. The van der Waals surface area contributed by atoms with Crippen LogP contribution in [0.15, 0.2) is 30.6 Å². The van der Waals surface area contributed by atoms with Crippen molar-refractivity contribution in [1.82, 2.24) is 14.9 Å². The van der Waals surface area contributed by atoms with E-state index in [2.05, 4.69) is 9.97 Å². The van der Waals surface area contributed by atoms with E-state index >= 15 is 0 Å². The standard InChI is InChI=1S/C17H18ClN5O4/c1-21(2)15-8-19-9-16(20-15)27-12-5-6-22(10-12)17(24)13-7-11(18)3-4-14(13)23(25)26/h3-4,7-9,12H,5-6,10H2,1-2H3. The number of anilines is 1. The minimum Gasteiger partial charge on any atom is -0.471 e. The third-order valence-corrected chi connectivity index (χ3v) is 4.40. The first-order chi connectivity index (χ1) is 12.8. The van der Waals surface area contributed by atoms with Gasteiger partial charge in [0.25, 0.3) is 11.6 Å². The monoisotopic (exact) mass is 391 g/mol. The number of hydrogen-bond acceptors (Lipinski definition) is 7. The van der Waals surface area contributed by atoms with E-state index in [4.69, 9.17) is 16.3 Å². The van der Waals surface area contributed by atoms with Gasteiger partial charge in [-0.15, -0.1) is 0 Å². The number of hydrogen-bond donors (Lipinski definition) is 0. The van der Waals surface area contributed by atoms with Gasteiger partial charge in [0.05, 0.1) is 23.9 Å². The fraction of sp³-hybridized carbons (Fsp3) is 0.353. The molecule has 142 valence electrons. The van der Waals surface area contributed by atoms with Crippen LogP contribution in [0.2, 0.25) is 5.02 Å². The van der Waals surface area contributed by atoms with Crippen LogP contribution >= 0.6 is 11.6 Å². The molecular formula is C17H18ClN5O4. The molecule has 9 nitrogen and oxygen atoms in total. The van der Waals surface area contributed by atoms with Gasteiger partial charge in [-0.05, 0) is 12.1 Å². The lowest BCUT2D eigenvalue weighted by molar-refractivity contribution is -0.385. The van der Waals surface area contributed by atoms with E-state index in [-0.39, 0.29) is 22.4 Å². The highest BCUT2D eigenvalue weighted by molar-refractivity contribution is 6.31. The Balaban J connectivity index is 1.71. The number of likely N-dealkylation sites (tertiary alicyclic amines) is 1. The lowest BCUT2D eigenvalue weighted by Crippen LogP contribution is -2.31. The summed E-state index contributed by atoms with van der Waals surface area (Å²) in [4.78, 5) is 35.1. The fourth-order valence-corrected chi connectivity index (χ4v) is 2.97. The maximum Gasteiger partial charge on any atom is 0.282 e. The van der Waals surface area contributed by atoms with E-state index in [0.29, 0.717) is 31.2 Å². The van der Waals surface area contributed by atoms with Gasteiger partial charge in [-0.25, -0.2) is 0 Å². The van der Waals surface area contributed by atoms with Gasteiger partial charge < -0.3 is 14.5 Å². The molecule has 3 rings (SSSR count). The average Bonchev–Trinajstić information content (AvgIpc) is 3.09. The van der Waals surface area contributed by atoms with Crippen molar-refractivity contribution >= 4 is 29.0 Å². The predicted octanol–water partition coefficient (Wildman–Crippen LogP) is 2.40. The van der Waals surface area contributed by atoms with Crippen molar-refractivity contribution in [3.05, 3.63) is 51.3 Å². The van der Waals surface area contributed by atoms with Crippen LogP contribution in [-0.2, 0) is 0 Å². The van der Waals surface area contributed by atoms with Crippen LogP contribution in [0.5, 0.6) is 5.88 Å². The quantitative estimate of drug-likeness (QED) is 0.569. The van der Waals surface area contributed by atoms with Crippen LogP contribution in [0, 0.1) is 10.1 Å². The Bertz CT molecular complexity index is 876. The Hall–Kier alpha value is -2.94. The number of amides is 1. The molecule has 27 heavy (non-hydrogen) atoms. The minimum absolute atomic E-state index is 0.0254. The number of aromatic nitrogens is 2. The zero-order valence-corrected chi connectivity index (χ0v) is 15.6. The average molecular weight is 392 g/mol. The van der Waals surface area contributed by atoms with E-state index in [1.807, 2.05) is 19.0 Å². The van der Waals surface area contributed by atoms with E-state index in [9.17, 15) is 14.9 Å². The van der Waals surface area contributed by atoms with Gasteiger partial charge in [-0.3, -0.25) is 19.9 Å². The van der Waals surface area contributed by atoms with Crippen molar-refractivity contribution in [2.45, 2.75) is 12.5 Å². The second kappa shape index (κ2) is 7.75. The number of rotatable bonds is 5. The van der Waals surface area contributed by atoms with Gasteiger partial charge in [0.15, 0.2) is 5.82 Å². The molecule has 2 heterocycles. The highest BCUT2D eigenvalue weighted by Crippen LogP contribution is 2.26. The molecule has 0 saturated carbocycles. The summed E-state index contributed by atoms with van der Waals surface area (Å²) in [5.41, 5.74) is -0.291. The molecule has 1 aliphatic rings. The van der Waals surface area contributed by atoms with Gasteiger partial charge in [0, 0.05) is 38.1 Å². The van der Waals surface area contributed by atoms with E-state index in [1.54, 1.807) is 6.20 Å². The summed E-state index contributed by atoms with van der Waals surface area (Å²) < 4.78 is 5.83. The number of carbonyl (C=O) groups excluding carboxylic acids is 1. The molecule has 1 atom stereocenters. The second-order valence-corrected chi connectivity index (χ2v) is 6.74. The number of nitro benzene ring substituents is 1. The molecule has 10 heteroatoms. The summed E-state index contributed by atoms with van der Waals surface area (Å²) in [6.07, 6.45) is 3.46. The Labute approximate surface area is 160 Å². The molecule has 0 spiro atoms. The molecule has 1 aromatic carbocycles. The molecule has 1 saturated heterocycles. The summed E-state index contributed by atoms with van der Waals surface area (Å²) >= 11 is 5.91. The number of nitro groups is 1. The van der Waals surface area contributed by atoms with Crippen molar-refractivity contribution in [2.75, 3.05) is 32.1 Å². The highest BCUT2D eigenvalue weighted by atomic mass is 35.5. The normalized spacial score (nSPS) is 16.3. The fourth-order valence-electron chi connectivity index (χ4n) is 2.80. The predicted molar refractivity (Wildman–Crippen MR) is 99.4 cm³/mol. The number of benzene rings is 1. The molecule has 1 fully saturated rings. The maximum absolute atomic E-state index is 12.7. The molecule has 1 unspecified atom stereocenters. The molecule has 0 N–H and O–H groups in total. The topological polar surface area (TPSA) is 102 Å². The van der Waals surface area contributed by atoms with Crippen LogP contribution in [0.1, 0.15) is 16.8 Å². The summed E-state index contributed by atoms with van der Waals surface area (Å²) in [6.45, 7) is 0.727. The summed E-state index contributed by atoms with van der Waals surface area (Å²) in [5.74, 6) is 0.589. The molecule has 2 aromatic rings. The van der Waals surface area contributed by atoms with E-state index in [0.717, 1.165) is 0 Å². The van der Waals surface area contributed by atoms with Crippen molar-refractivity contribution in [2.24, 2.45) is 0 Å². The molecule has 0 radical (unpaired) electrons. The van der Waals surface area contributed by atoms with Crippen LogP contribution in [-0.4, -0.2) is 59.0 Å². The summed E-state index contributed by atoms with van der Waals surface area (Å²) in [7, 11) is 3.70. The van der Waals surface area contributed by atoms with Crippen molar-refractivity contribution < 1.29 is 14.5 Å². The third-order valence-electron chi connectivity index (χ3n) is 4.16. The van der Waals surface area contributed by atoms with Crippen molar-refractivity contribution in [1.29, 1.82) is 0 Å². The minimum atomic E-state index is -0.587. The first-order valence-corrected chi connectivity index (χ1v) is 8.62. The van der Waals surface area contributed by atoms with Crippen LogP contribution in [0.25, 0.3) is 0 Å². The van der Waals surface area contributed by atoms with Gasteiger partial charge in [0.1, 0.15) is 11.7 Å². The Morgan fingerprint density at radius 3 is 2.89 bits per heavy atom. The molecule has 1 aromatic heterocycles. The van der Waals surface area contributed by atoms with Crippen LogP contribution in [0.3, 0.4) is 0 Å². The first-order valence-electron chi connectivity index (χ1n) is 8.24. The van der Waals surface area contributed by atoms with Gasteiger partial charge >= 0.3 is 0 Å². The zero-order valence-electron chi connectivity index (χ0n) is 14.8. The smallest absolute Gasteiger partial charge is 0.282 e. The van der Waals surface area contributed by atoms with Gasteiger partial charge in [-0.2, -0.15) is 4.98 Å². The molecule has 0 bridgehead atoms. The van der Waals surface area contributed by atoms with Crippen molar-refractivity contribution in [3.8, 4) is 5.88 Å². The maximum atomic E-state index is 12.7. The Morgan fingerprint density at radius 1 is 1.41 bits per heavy atom. The van der Waals surface area contributed by atoms with Gasteiger partial charge in [-0.1, -0.05) is 11.6 Å². The number of nitrogens with zero attached hydrogens (tertiary/aromatic N) is 5. The van der Waals surface area contributed by atoms with E-state index in [1.165, 1.54) is 29.3 Å². The molecule has 0 aliphatic carbocycles. The summed E-state index contributed by atoms with van der Waals surface area (Å²) in [5, 5.41) is 11.5. The lowest BCUT2D eigenvalue weighted by Gasteiger charge is -2.18. The molecule has 1 amide bonds. The number of halogens is 1. The SMILES string of the molecule is CN(C)c1cncc(OC2CCN(C(=O)c3cc(Cl)ccc3[N+](=O)[O-])C2)n1. The third kappa shape index (κ3) is 4.25. The number of carbonyl (C=O) groups is 1. The Kier molecular flexibility index (Phi) is 5.41. The largest absolute Gasteiger partial charge is 0.471 e. The second-order valence-electron chi connectivity index (χ2n) is 6.31. The zero-order chi connectivity index (χ0) is 19.6. The van der Waals surface area contributed by atoms with Crippen molar-refractivity contribution in [3.63, 3.8) is 0 Å². The van der Waals surface area contributed by atoms with Crippen LogP contribution in [0.4, 0.5) is 11.5 Å². The van der Waals surface area contributed by atoms with Gasteiger partial charge in [0.2, 0.25) is 5.88 Å². The number of ether oxygens (including phenoxy) is 1.